The summed E-state index contributed by atoms with van der Waals surface area (Å²) in [6.45, 7) is 0.264. The highest BCUT2D eigenvalue weighted by Gasteiger charge is 2.66. The zero-order valence-corrected chi connectivity index (χ0v) is 12.0. The smallest absolute Gasteiger partial charge is 0.234 e. The number of hydrogen-bond acceptors (Lipinski definition) is 2. The molecule has 4 aliphatic carbocycles. The zero-order valence-electron chi connectivity index (χ0n) is 12.0. The van der Waals surface area contributed by atoms with Crippen LogP contribution in [0.25, 0.3) is 0 Å². The topological polar surface area (TPSA) is 37.4 Å². The maximum Gasteiger partial charge on any atom is 0.234 e. The minimum absolute atomic E-state index is 0.0241. The van der Waals surface area contributed by atoms with E-state index in [-0.39, 0.29) is 47.8 Å². The van der Waals surface area contributed by atoms with Crippen LogP contribution in [0.1, 0.15) is 12.0 Å². The number of allylic oxidation sites excluding steroid dienone is 2. The molecule has 6 rings (SSSR count). The van der Waals surface area contributed by atoms with E-state index in [0.717, 1.165) is 5.56 Å². The summed E-state index contributed by atoms with van der Waals surface area (Å²) >= 11 is 0. The summed E-state index contributed by atoms with van der Waals surface area (Å²) < 4.78 is 13.0. The van der Waals surface area contributed by atoms with Crippen molar-refractivity contribution in [3.05, 3.63) is 47.8 Å². The molecule has 0 N–H and O–H groups in total. The Balaban J connectivity index is 1.46. The first-order valence-electron chi connectivity index (χ1n) is 7.93. The van der Waals surface area contributed by atoms with Crippen LogP contribution in [0.15, 0.2) is 36.4 Å². The number of carbonyl (C=O) groups excluding carboxylic acids is 2. The molecule has 2 bridgehead atoms. The fourth-order valence-corrected chi connectivity index (χ4v) is 4.95. The zero-order chi connectivity index (χ0) is 15.0. The monoisotopic (exact) mass is 297 g/mol. The lowest BCUT2D eigenvalue weighted by Crippen LogP contribution is -2.40. The Kier molecular flexibility index (Phi) is 2.32. The number of benzene rings is 1. The Labute approximate surface area is 127 Å². The van der Waals surface area contributed by atoms with E-state index in [4.69, 9.17) is 0 Å². The predicted molar refractivity (Wildman–Crippen MR) is 76.7 cm³/mol. The normalized spacial score (nSPS) is 40.9. The summed E-state index contributed by atoms with van der Waals surface area (Å²) in [5.41, 5.74) is 0.798. The maximum absolute atomic E-state index is 13.0. The molecule has 1 heterocycles. The van der Waals surface area contributed by atoms with Gasteiger partial charge in [-0.3, -0.25) is 14.5 Å². The van der Waals surface area contributed by atoms with Crippen LogP contribution in [-0.2, 0) is 16.1 Å². The Morgan fingerprint density at radius 3 is 2.05 bits per heavy atom. The minimum Gasteiger partial charge on any atom is -0.278 e. The Bertz CT molecular complexity index is 674. The van der Waals surface area contributed by atoms with Crippen LogP contribution < -0.4 is 0 Å². The standard InChI is InChI=1S/C18H16FNO2/c19-10-3-1-9(2-4-10)8-20-17(21)15-11-5-6-12(14-7-13(11)14)16(15)18(20)22/h1-6,11-16H,7-8H2/t11-,12+,13-,14-,15+,16+/m1/s1. The predicted octanol–water partition coefficient (Wildman–Crippen LogP) is 2.38. The molecule has 0 unspecified atom stereocenters. The molecule has 5 aliphatic rings. The third-order valence-electron chi connectivity index (χ3n) is 6.01. The molecule has 3 nitrogen and oxygen atoms in total. The first kappa shape index (κ1) is 12.6. The number of likely N-dealkylation sites (tertiary alicyclic amines) is 1. The molecular formula is C18H16FNO2. The third-order valence-corrected chi connectivity index (χ3v) is 6.01. The van der Waals surface area contributed by atoms with Gasteiger partial charge in [0.2, 0.25) is 11.8 Å². The van der Waals surface area contributed by atoms with Crippen LogP contribution in [0.3, 0.4) is 0 Å². The van der Waals surface area contributed by atoms with Gasteiger partial charge < -0.3 is 0 Å². The van der Waals surface area contributed by atoms with Crippen molar-refractivity contribution in [3.8, 4) is 0 Å². The van der Waals surface area contributed by atoms with E-state index in [1.807, 2.05) is 0 Å². The molecule has 2 amide bonds. The number of imide groups is 1. The molecule has 22 heavy (non-hydrogen) atoms. The Morgan fingerprint density at radius 2 is 1.50 bits per heavy atom. The average Bonchev–Trinajstić information content (AvgIpc) is 3.30. The number of hydrogen-bond donors (Lipinski definition) is 0. The minimum atomic E-state index is -0.307. The van der Waals surface area contributed by atoms with Gasteiger partial charge in [0.25, 0.3) is 0 Å². The molecule has 1 saturated heterocycles. The van der Waals surface area contributed by atoms with Gasteiger partial charge in [0.15, 0.2) is 0 Å². The molecule has 1 aromatic carbocycles. The van der Waals surface area contributed by atoms with Crippen molar-refractivity contribution >= 4 is 11.8 Å². The van der Waals surface area contributed by atoms with Gasteiger partial charge in [0, 0.05) is 0 Å². The SMILES string of the molecule is O=C1[C@H]2[C@@H]3C=C[C@@H]([C@H]4C[C@H]34)[C@@H]2C(=O)N1Cc1ccc(F)cc1. The van der Waals surface area contributed by atoms with E-state index in [9.17, 15) is 14.0 Å². The van der Waals surface area contributed by atoms with E-state index in [2.05, 4.69) is 12.2 Å². The van der Waals surface area contributed by atoms with Crippen molar-refractivity contribution in [2.45, 2.75) is 13.0 Å². The van der Waals surface area contributed by atoms with Crippen LogP contribution in [0.5, 0.6) is 0 Å². The summed E-state index contributed by atoms with van der Waals surface area (Å²) in [6.07, 6.45) is 5.52. The van der Waals surface area contributed by atoms with Gasteiger partial charge in [-0.1, -0.05) is 24.3 Å². The summed E-state index contributed by atoms with van der Waals surface area (Å²) in [6, 6.07) is 6.02. The van der Waals surface area contributed by atoms with E-state index in [0.29, 0.717) is 11.8 Å². The van der Waals surface area contributed by atoms with Gasteiger partial charge in [-0.25, -0.2) is 4.39 Å². The van der Waals surface area contributed by atoms with Crippen LogP contribution >= 0.6 is 0 Å². The van der Waals surface area contributed by atoms with Crippen LogP contribution in [-0.4, -0.2) is 16.7 Å². The first-order valence-corrected chi connectivity index (χ1v) is 7.93. The van der Waals surface area contributed by atoms with Gasteiger partial charge >= 0.3 is 0 Å². The van der Waals surface area contributed by atoms with Crippen LogP contribution in [0.2, 0.25) is 0 Å². The lowest BCUT2D eigenvalue weighted by Gasteiger charge is -2.37. The number of amides is 2. The van der Waals surface area contributed by atoms with E-state index in [1.54, 1.807) is 12.1 Å². The fourth-order valence-electron chi connectivity index (χ4n) is 4.95. The highest BCUT2D eigenvalue weighted by Crippen LogP contribution is 2.65. The summed E-state index contributed by atoms with van der Waals surface area (Å²) in [7, 11) is 0. The van der Waals surface area contributed by atoms with Crippen LogP contribution in [0.4, 0.5) is 4.39 Å². The van der Waals surface area contributed by atoms with Gasteiger partial charge in [-0.2, -0.15) is 0 Å². The summed E-state index contributed by atoms with van der Waals surface area (Å²) in [5, 5.41) is 0. The lowest BCUT2D eigenvalue weighted by molar-refractivity contribution is -0.140. The molecular weight excluding hydrogens is 281 g/mol. The third kappa shape index (κ3) is 1.50. The molecule has 2 saturated carbocycles. The van der Waals surface area contributed by atoms with Crippen molar-refractivity contribution in [2.24, 2.45) is 35.5 Å². The van der Waals surface area contributed by atoms with Gasteiger partial charge in [0.05, 0.1) is 18.4 Å². The molecule has 1 aliphatic heterocycles. The molecule has 4 heteroatoms. The first-order chi connectivity index (χ1) is 10.6. The molecule has 0 spiro atoms. The Hall–Kier alpha value is -1.97. The highest BCUT2D eigenvalue weighted by molar-refractivity contribution is 6.06. The van der Waals surface area contributed by atoms with Gasteiger partial charge in [-0.05, 0) is 47.8 Å². The molecule has 6 atom stereocenters. The lowest BCUT2D eigenvalue weighted by atomic mass is 9.63. The van der Waals surface area contributed by atoms with E-state index >= 15 is 0 Å². The molecule has 1 aromatic rings. The van der Waals surface area contributed by atoms with Gasteiger partial charge in [-0.15, -0.1) is 0 Å². The van der Waals surface area contributed by atoms with Crippen molar-refractivity contribution in [3.63, 3.8) is 0 Å². The second-order valence-electron chi connectivity index (χ2n) is 7.04. The summed E-state index contributed by atoms with van der Waals surface area (Å²) in [5.74, 6) is 1.12. The van der Waals surface area contributed by atoms with Gasteiger partial charge in [0.1, 0.15) is 5.82 Å². The maximum atomic E-state index is 13.0. The number of nitrogens with zero attached hydrogens (tertiary/aromatic N) is 1. The Morgan fingerprint density at radius 1 is 0.955 bits per heavy atom. The molecule has 0 radical (unpaired) electrons. The second-order valence-corrected chi connectivity index (χ2v) is 7.04. The fraction of sp³-hybridized carbons (Fsp3) is 0.444. The number of rotatable bonds is 2. The average molecular weight is 297 g/mol. The number of halogens is 1. The second kappa shape index (κ2) is 4.06. The molecule has 112 valence electrons. The van der Waals surface area contributed by atoms with Crippen molar-refractivity contribution < 1.29 is 14.0 Å². The number of carbonyl (C=O) groups is 2. The van der Waals surface area contributed by atoms with Crippen molar-refractivity contribution in [2.75, 3.05) is 0 Å². The molecule has 3 fully saturated rings. The van der Waals surface area contributed by atoms with Crippen molar-refractivity contribution in [1.29, 1.82) is 0 Å². The van der Waals surface area contributed by atoms with Crippen LogP contribution in [0, 0.1) is 41.3 Å². The van der Waals surface area contributed by atoms with E-state index < -0.39 is 0 Å². The quantitative estimate of drug-likeness (QED) is 0.621. The summed E-state index contributed by atoms with van der Waals surface area (Å²) in [4.78, 5) is 26.9. The van der Waals surface area contributed by atoms with E-state index in [1.165, 1.54) is 23.5 Å². The molecule has 0 aromatic heterocycles. The largest absolute Gasteiger partial charge is 0.278 e. The highest BCUT2D eigenvalue weighted by atomic mass is 19.1. The van der Waals surface area contributed by atoms with Crippen molar-refractivity contribution in [1.82, 2.24) is 4.90 Å².